The van der Waals surface area contributed by atoms with E-state index in [1.807, 2.05) is 0 Å². The first-order valence-electron chi connectivity index (χ1n) is 6.68. The van der Waals surface area contributed by atoms with E-state index in [2.05, 4.69) is 5.32 Å². The molecule has 0 aromatic heterocycles. The third kappa shape index (κ3) is 3.61. The highest BCUT2D eigenvalue weighted by molar-refractivity contribution is 6.08. The molecule has 5 N–H and O–H groups in total. The van der Waals surface area contributed by atoms with Crippen LogP contribution in [0.15, 0.2) is 36.4 Å². The number of aromatic carboxylic acids is 2. The Morgan fingerprint density at radius 2 is 1.58 bits per heavy atom. The number of carboxylic acids is 2. The number of hydrogen-bond acceptors (Lipinski definition) is 5. The predicted octanol–water partition coefficient (Wildman–Crippen LogP) is 1.93. The third-order valence-corrected chi connectivity index (χ3v) is 3.19. The van der Waals surface area contributed by atoms with Crippen LogP contribution in [0.2, 0.25) is 0 Å². The summed E-state index contributed by atoms with van der Waals surface area (Å²) in [5.41, 5.74) is 5.61. The van der Waals surface area contributed by atoms with Gasteiger partial charge in [-0.15, -0.1) is 0 Å². The molecule has 8 nitrogen and oxygen atoms in total. The van der Waals surface area contributed by atoms with E-state index in [0.29, 0.717) is 5.75 Å². The molecule has 0 saturated heterocycles. The second kappa shape index (κ2) is 6.69. The third-order valence-electron chi connectivity index (χ3n) is 3.19. The highest BCUT2D eigenvalue weighted by atomic mass is 16.5. The number of rotatable bonds is 5. The number of carbonyl (C=O) groups is 3. The number of benzene rings is 2. The number of ether oxygens (including phenoxy) is 1. The van der Waals surface area contributed by atoms with Gasteiger partial charge < -0.3 is 26.0 Å². The van der Waals surface area contributed by atoms with Crippen LogP contribution in [-0.2, 0) is 0 Å². The van der Waals surface area contributed by atoms with Crippen molar-refractivity contribution in [3.8, 4) is 5.75 Å². The minimum absolute atomic E-state index is 0.0347. The van der Waals surface area contributed by atoms with Gasteiger partial charge in [-0.25, -0.2) is 9.59 Å². The van der Waals surface area contributed by atoms with Gasteiger partial charge in [0.05, 0.1) is 23.8 Å². The van der Waals surface area contributed by atoms with Crippen LogP contribution in [-0.4, -0.2) is 35.2 Å². The van der Waals surface area contributed by atoms with Gasteiger partial charge in [0.2, 0.25) is 0 Å². The van der Waals surface area contributed by atoms with Gasteiger partial charge >= 0.3 is 11.9 Å². The second-order valence-electron chi connectivity index (χ2n) is 4.82. The lowest BCUT2D eigenvalue weighted by Crippen LogP contribution is -2.15. The van der Waals surface area contributed by atoms with E-state index in [1.165, 1.54) is 19.2 Å². The number of carbonyl (C=O) groups excluding carboxylic acids is 1. The Hall–Kier alpha value is -3.55. The van der Waals surface area contributed by atoms with E-state index < -0.39 is 17.8 Å². The van der Waals surface area contributed by atoms with E-state index in [-0.39, 0.29) is 28.1 Å². The van der Waals surface area contributed by atoms with Crippen LogP contribution in [0.25, 0.3) is 0 Å². The van der Waals surface area contributed by atoms with E-state index in [0.717, 1.165) is 18.2 Å². The topological polar surface area (TPSA) is 139 Å². The summed E-state index contributed by atoms with van der Waals surface area (Å²) in [4.78, 5) is 34.4. The molecule has 0 aliphatic carbocycles. The average molecular weight is 330 g/mol. The van der Waals surface area contributed by atoms with Crippen molar-refractivity contribution in [1.82, 2.24) is 0 Å². The zero-order valence-corrected chi connectivity index (χ0v) is 12.6. The van der Waals surface area contributed by atoms with E-state index >= 15 is 0 Å². The molecule has 124 valence electrons. The largest absolute Gasteiger partial charge is 0.497 e. The molecule has 1 amide bonds. The van der Waals surface area contributed by atoms with Crippen molar-refractivity contribution in [3.05, 3.63) is 53.1 Å². The van der Waals surface area contributed by atoms with Crippen molar-refractivity contribution in [2.24, 2.45) is 0 Å². The molecule has 0 bridgehead atoms. The van der Waals surface area contributed by atoms with Gasteiger partial charge in [-0.05, 0) is 30.3 Å². The lowest BCUT2D eigenvalue weighted by Gasteiger charge is -2.10. The summed E-state index contributed by atoms with van der Waals surface area (Å²) in [5.74, 6) is -2.74. The molecule has 0 aliphatic heterocycles. The number of amides is 1. The summed E-state index contributed by atoms with van der Waals surface area (Å²) in [6, 6.07) is 7.77. The number of anilines is 2. The van der Waals surface area contributed by atoms with Gasteiger partial charge in [0, 0.05) is 17.4 Å². The second-order valence-corrected chi connectivity index (χ2v) is 4.82. The molecule has 0 atom stereocenters. The Kier molecular flexibility index (Phi) is 4.69. The minimum atomic E-state index is -1.31. The van der Waals surface area contributed by atoms with E-state index in [1.54, 1.807) is 6.07 Å². The Labute approximate surface area is 136 Å². The van der Waals surface area contributed by atoms with Gasteiger partial charge in [0.25, 0.3) is 5.91 Å². The van der Waals surface area contributed by atoms with E-state index in [4.69, 9.17) is 20.7 Å². The molecule has 0 fully saturated rings. The molecule has 0 heterocycles. The molecule has 24 heavy (non-hydrogen) atoms. The molecule has 8 heteroatoms. The van der Waals surface area contributed by atoms with Gasteiger partial charge in [0.1, 0.15) is 5.75 Å². The zero-order valence-electron chi connectivity index (χ0n) is 12.6. The molecule has 0 aliphatic rings. The molecule has 2 aromatic rings. The zero-order chi connectivity index (χ0) is 17.9. The fourth-order valence-corrected chi connectivity index (χ4v) is 2.02. The normalized spacial score (nSPS) is 10.0. The summed E-state index contributed by atoms with van der Waals surface area (Å²) in [5, 5.41) is 20.5. The monoisotopic (exact) mass is 330 g/mol. The lowest BCUT2D eigenvalue weighted by molar-refractivity contribution is 0.0696. The first-order chi connectivity index (χ1) is 11.3. The molecular formula is C16H14N2O6. The maximum atomic E-state index is 12.3. The fraction of sp³-hybridized carbons (Fsp3) is 0.0625. The van der Waals surface area contributed by atoms with Crippen molar-refractivity contribution < 1.29 is 29.3 Å². The Balaban J connectivity index is 2.34. The van der Waals surface area contributed by atoms with Crippen molar-refractivity contribution >= 4 is 29.2 Å². The van der Waals surface area contributed by atoms with Gasteiger partial charge in [-0.3, -0.25) is 4.79 Å². The van der Waals surface area contributed by atoms with Crippen molar-refractivity contribution in [2.45, 2.75) is 0 Å². The van der Waals surface area contributed by atoms with Crippen molar-refractivity contribution in [2.75, 3.05) is 18.2 Å². The Morgan fingerprint density at radius 3 is 2.04 bits per heavy atom. The average Bonchev–Trinajstić information content (AvgIpc) is 2.53. The van der Waals surface area contributed by atoms with E-state index in [9.17, 15) is 14.4 Å². The highest BCUT2D eigenvalue weighted by Gasteiger charge is 2.15. The number of methoxy groups -OCH3 is 1. The standard InChI is InChI=1S/C16H14N2O6/c1-24-11-2-3-12(13(17)7-11)14(19)18-10-5-8(15(20)21)4-9(6-10)16(22)23/h2-7H,17H2,1H3,(H,18,19)(H,20,21)(H,22,23). The Bertz CT molecular complexity index is 799. The van der Waals surface area contributed by atoms with Crippen LogP contribution >= 0.6 is 0 Å². The van der Waals surface area contributed by atoms with Crippen molar-refractivity contribution in [1.29, 1.82) is 0 Å². The quantitative estimate of drug-likeness (QED) is 0.614. The number of nitrogens with two attached hydrogens (primary N) is 1. The van der Waals surface area contributed by atoms with Crippen molar-refractivity contribution in [3.63, 3.8) is 0 Å². The summed E-state index contributed by atoms with van der Waals surface area (Å²) < 4.78 is 4.99. The van der Waals surface area contributed by atoms with Gasteiger partial charge in [0.15, 0.2) is 0 Å². The molecule has 0 unspecified atom stereocenters. The summed E-state index contributed by atoms with van der Waals surface area (Å²) in [7, 11) is 1.46. The maximum absolute atomic E-state index is 12.3. The van der Waals surface area contributed by atoms with Crippen LogP contribution < -0.4 is 15.8 Å². The molecule has 0 radical (unpaired) electrons. The summed E-state index contributed by atoms with van der Waals surface area (Å²) in [6.45, 7) is 0. The number of hydrogen-bond donors (Lipinski definition) is 4. The van der Waals surface area contributed by atoms with Crippen LogP contribution in [0.4, 0.5) is 11.4 Å². The van der Waals surface area contributed by atoms with Crippen LogP contribution in [0.1, 0.15) is 31.1 Å². The number of nitrogen functional groups attached to an aromatic ring is 1. The van der Waals surface area contributed by atoms with Gasteiger partial charge in [-0.2, -0.15) is 0 Å². The molecule has 0 saturated carbocycles. The van der Waals surface area contributed by atoms with Crippen LogP contribution in [0, 0.1) is 0 Å². The number of carboxylic acid groups (broad SMARTS) is 2. The predicted molar refractivity (Wildman–Crippen MR) is 85.7 cm³/mol. The molecule has 2 aromatic carbocycles. The molecule has 2 rings (SSSR count). The van der Waals surface area contributed by atoms with Gasteiger partial charge in [-0.1, -0.05) is 0 Å². The van der Waals surface area contributed by atoms with Crippen LogP contribution in [0.3, 0.4) is 0 Å². The molecular weight excluding hydrogens is 316 g/mol. The lowest BCUT2D eigenvalue weighted by atomic mass is 10.1. The summed E-state index contributed by atoms with van der Waals surface area (Å²) >= 11 is 0. The number of nitrogens with one attached hydrogen (secondary N) is 1. The fourth-order valence-electron chi connectivity index (χ4n) is 2.02. The Morgan fingerprint density at radius 1 is 1.00 bits per heavy atom. The highest BCUT2D eigenvalue weighted by Crippen LogP contribution is 2.22. The molecule has 0 spiro atoms. The first-order valence-corrected chi connectivity index (χ1v) is 6.68. The smallest absolute Gasteiger partial charge is 0.335 e. The summed E-state index contributed by atoms with van der Waals surface area (Å²) in [6.07, 6.45) is 0. The minimum Gasteiger partial charge on any atom is -0.497 e. The van der Waals surface area contributed by atoms with Crippen LogP contribution in [0.5, 0.6) is 5.75 Å². The maximum Gasteiger partial charge on any atom is 0.335 e. The first kappa shape index (κ1) is 16.8. The SMILES string of the molecule is COc1ccc(C(=O)Nc2cc(C(=O)O)cc(C(=O)O)c2)c(N)c1.